The van der Waals surface area contributed by atoms with Crippen LogP contribution in [0.1, 0.15) is 16.7 Å². The van der Waals surface area contributed by atoms with Crippen LogP contribution < -0.4 is 14.8 Å². The fourth-order valence-electron chi connectivity index (χ4n) is 2.92. The molecule has 0 aliphatic carbocycles. The minimum absolute atomic E-state index is 0.242. The summed E-state index contributed by atoms with van der Waals surface area (Å²) in [4.78, 5) is 0. The van der Waals surface area contributed by atoms with Gasteiger partial charge in [0.1, 0.15) is 19.0 Å². The lowest BCUT2D eigenvalue weighted by molar-refractivity contribution is 0.171. The molecule has 0 radical (unpaired) electrons. The Kier molecular flexibility index (Phi) is 4.79. The second-order valence-electron chi connectivity index (χ2n) is 6.44. The van der Waals surface area contributed by atoms with Gasteiger partial charge in [0.05, 0.1) is 0 Å². The van der Waals surface area contributed by atoms with Gasteiger partial charge in [-0.1, -0.05) is 30.4 Å². The second kappa shape index (κ2) is 7.54. The zero-order valence-electron chi connectivity index (χ0n) is 15.0. The van der Waals surface area contributed by atoms with Crippen LogP contribution in [0, 0.1) is 12.7 Å². The molecule has 0 unspecified atom stereocenters. The molecule has 0 amide bonds. The van der Waals surface area contributed by atoms with Crippen molar-refractivity contribution in [3.8, 4) is 11.5 Å². The van der Waals surface area contributed by atoms with Gasteiger partial charge in [-0.05, 0) is 66.1 Å². The Balaban J connectivity index is 1.54. The standard InChI is InChI=1S/C23H20FNO2/c1-16-2-3-17(14-21(16)25-20-9-7-19(24)8-10-20)4-5-18-6-11-22-23(15-18)27-13-12-26-22/h2-11,14-15,25H,12-13H2,1H3/b5-4+. The first kappa shape index (κ1) is 17.2. The van der Waals surface area contributed by atoms with E-state index in [4.69, 9.17) is 9.47 Å². The average Bonchev–Trinajstić information content (AvgIpc) is 2.70. The predicted molar refractivity (Wildman–Crippen MR) is 107 cm³/mol. The Morgan fingerprint density at radius 2 is 1.48 bits per heavy atom. The summed E-state index contributed by atoms with van der Waals surface area (Å²) in [6.07, 6.45) is 4.10. The number of ether oxygens (including phenoxy) is 2. The molecule has 0 atom stereocenters. The van der Waals surface area contributed by atoms with Crippen LogP contribution in [-0.2, 0) is 0 Å². The van der Waals surface area contributed by atoms with Gasteiger partial charge in [0.25, 0.3) is 0 Å². The molecular formula is C23H20FNO2. The lowest BCUT2D eigenvalue weighted by atomic mass is 10.1. The smallest absolute Gasteiger partial charge is 0.161 e. The SMILES string of the molecule is Cc1ccc(/C=C/c2ccc3c(c2)OCCO3)cc1Nc1ccc(F)cc1. The van der Waals surface area contributed by atoms with Crippen molar-refractivity contribution in [3.05, 3.63) is 83.2 Å². The number of halogens is 1. The van der Waals surface area contributed by atoms with Gasteiger partial charge in [-0.15, -0.1) is 0 Å². The first-order valence-electron chi connectivity index (χ1n) is 8.88. The summed E-state index contributed by atoms with van der Waals surface area (Å²) in [6.45, 7) is 3.21. The molecule has 136 valence electrons. The van der Waals surface area contributed by atoms with E-state index in [-0.39, 0.29) is 5.82 Å². The molecule has 0 spiro atoms. The van der Waals surface area contributed by atoms with Gasteiger partial charge in [-0.3, -0.25) is 0 Å². The quantitative estimate of drug-likeness (QED) is 0.594. The molecule has 1 N–H and O–H groups in total. The van der Waals surface area contributed by atoms with Crippen LogP contribution in [0.3, 0.4) is 0 Å². The predicted octanol–water partition coefficient (Wildman–Crippen LogP) is 5.82. The molecule has 3 nitrogen and oxygen atoms in total. The zero-order chi connectivity index (χ0) is 18.6. The molecule has 3 aromatic rings. The molecule has 4 rings (SSSR count). The van der Waals surface area contributed by atoms with E-state index in [2.05, 4.69) is 29.6 Å². The Morgan fingerprint density at radius 3 is 2.26 bits per heavy atom. The van der Waals surface area contributed by atoms with Crippen molar-refractivity contribution in [1.82, 2.24) is 0 Å². The number of benzene rings is 3. The number of fused-ring (bicyclic) bond motifs is 1. The van der Waals surface area contributed by atoms with Crippen molar-refractivity contribution in [2.24, 2.45) is 0 Å². The molecule has 0 bridgehead atoms. The fourth-order valence-corrected chi connectivity index (χ4v) is 2.92. The number of hydrogen-bond donors (Lipinski definition) is 1. The van der Waals surface area contributed by atoms with Crippen LogP contribution in [-0.4, -0.2) is 13.2 Å². The van der Waals surface area contributed by atoms with E-state index in [0.29, 0.717) is 13.2 Å². The minimum Gasteiger partial charge on any atom is -0.486 e. The van der Waals surface area contributed by atoms with Gasteiger partial charge in [0, 0.05) is 11.4 Å². The molecule has 0 saturated carbocycles. The molecule has 27 heavy (non-hydrogen) atoms. The van der Waals surface area contributed by atoms with E-state index >= 15 is 0 Å². The summed E-state index contributed by atoms with van der Waals surface area (Å²) in [6, 6.07) is 18.5. The van der Waals surface area contributed by atoms with E-state index in [1.807, 2.05) is 31.2 Å². The lowest BCUT2D eigenvalue weighted by Crippen LogP contribution is -2.15. The summed E-state index contributed by atoms with van der Waals surface area (Å²) in [5.74, 6) is 1.33. The summed E-state index contributed by atoms with van der Waals surface area (Å²) >= 11 is 0. The van der Waals surface area contributed by atoms with Crippen LogP contribution in [0.25, 0.3) is 12.2 Å². The first-order chi connectivity index (χ1) is 13.2. The van der Waals surface area contributed by atoms with E-state index in [1.54, 1.807) is 12.1 Å². The zero-order valence-corrected chi connectivity index (χ0v) is 15.0. The third-order valence-corrected chi connectivity index (χ3v) is 4.42. The number of hydrogen-bond acceptors (Lipinski definition) is 3. The normalized spacial score (nSPS) is 13.0. The Hall–Kier alpha value is -3.27. The van der Waals surface area contributed by atoms with Gasteiger partial charge < -0.3 is 14.8 Å². The van der Waals surface area contributed by atoms with E-state index in [0.717, 1.165) is 39.6 Å². The summed E-state index contributed by atoms with van der Waals surface area (Å²) in [5, 5.41) is 3.34. The molecule has 0 fully saturated rings. The molecule has 0 saturated heterocycles. The second-order valence-corrected chi connectivity index (χ2v) is 6.44. The van der Waals surface area contributed by atoms with Crippen LogP contribution in [0.5, 0.6) is 11.5 Å². The van der Waals surface area contributed by atoms with Gasteiger partial charge in [-0.2, -0.15) is 0 Å². The maximum atomic E-state index is 13.1. The maximum absolute atomic E-state index is 13.1. The van der Waals surface area contributed by atoms with Gasteiger partial charge >= 0.3 is 0 Å². The van der Waals surface area contributed by atoms with Crippen LogP contribution in [0.4, 0.5) is 15.8 Å². The largest absolute Gasteiger partial charge is 0.486 e. The van der Waals surface area contributed by atoms with Crippen molar-refractivity contribution < 1.29 is 13.9 Å². The molecule has 0 aromatic heterocycles. The monoisotopic (exact) mass is 361 g/mol. The highest BCUT2D eigenvalue weighted by Crippen LogP contribution is 2.31. The highest BCUT2D eigenvalue weighted by molar-refractivity contribution is 5.74. The number of aryl methyl sites for hydroxylation is 1. The van der Waals surface area contributed by atoms with E-state index in [9.17, 15) is 4.39 Å². The van der Waals surface area contributed by atoms with Crippen LogP contribution in [0.2, 0.25) is 0 Å². The minimum atomic E-state index is -0.242. The van der Waals surface area contributed by atoms with E-state index < -0.39 is 0 Å². The average molecular weight is 361 g/mol. The van der Waals surface area contributed by atoms with Gasteiger partial charge in [0.2, 0.25) is 0 Å². The van der Waals surface area contributed by atoms with Crippen LogP contribution in [0.15, 0.2) is 60.7 Å². The first-order valence-corrected chi connectivity index (χ1v) is 8.88. The molecule has 1 heterocycles. The third-order valence-electron chi connectivity index (χ3n) is 4.42. The Morgan fingerprint density at radius 1 is 0.815 bits per heavy atom. The molecule has 3 aromatic carbocycles. The molecule has 1 aliphatic heterocycles. The Bertz CT molecular complexity index is 980. The fraction of sp³-hybridized carbons (Fsp3) is 0.130. The highest BCUT2D eigenvalue weighted by Gasteiger charge is 2.10. The third kappa shape index (κ3) is 4.11. The molecule has 4 heteroatoms. The number of nitrogens with one attached hydrogen (secondary N) is 1. The van der Waals surface area contributed by atoms with Crippen LogP contribution >= 0.6 is 0 Å². The molecular weight excluding hydrogens is 341 g/mol. The Labute approximate surface area is 158 Å². The van der Waals surface area contributed by atoms with Gasteiger partial charge in [-0.25, -0.2) is 4.39 Å². The number of rotatable bonds is 4. The topological polar surface area (TPSA) is 30.5 Å². The summed E-state index contributed by atoms with van der Waals surface area (Å²) in [5.41, 5.74) is 5.09. The van der Waals surface area contributed by atoms with Crippen molar-refractivity contribution >= 4 is 23.5 Å². The summed E-state index contributed by atoms with van der Waals surface area (Å²) < 4.78 is 24.3. The lowest BCUT2D eigenvalue weighted by Gasteiger charge is -2.18. The van der Waals surface area contributed by atoms with Crippen molar-refractivity contribution in [1.29, 1.82) is 0 Å². The summed E-state index contributed by atoms with van der Waals surface area (Å²) in [7, 11) is 0. The number of anilines is 2. The maximum Gasteiger partial charge on any atom is 0.161 e. The van der Waals surface area contributed by atoms with Crippen molar-refractivity contribution in [3.63, 3.8) is 0 Å². The molecule has 1 aliphatic rings. The van der Waals surface area contributed by atoms with Gasteiger partial charge in [0.15, 0.2) is 11.5 Å². The van der Waals surface area contributed by atoms with Crippen molar-refractivity contribution in [2.45, 2.75) is 6.92 Å². The highest BCUT2D eigenvalue weighted by atomic mass is 19.1. The van der Waals surface area contributed by atoms with E-state index in [1.165, 1.54) is 12.1 Å². The van der Waals surface area contributed by atoms with Crippen molar-refractivity contribution in [2.75, 3.05) is 18.5 Å².